The van der Waals surface area contributed by atoms with Crippen LogP contribution in [0, 0.1) is 0 Å². The molecule has 1 aromatic heterocycles. The van der Waals surface area contributed by atoms with Gasteiger partial charge in [-0.1, -0.05) is 11.6 Å². The van der Waals surface area contributed by atoms with Gasteiger partial charge in [-0.05, 0) is 26.0 Å². The summed E-state index contributed by atoms with van der Waals surface area (Å²) >= 11 is 6.87. The summed E-state index contributed by atoms with van der Waals surface area (Å²) in [7, 11) is -3.46. The Kier molecular flexibility index (Phi) is 3.53. The zero-order valence-corrected chi connectivity index (χ0v) is 12.0. The van der Waals surface area contributed by atoms with Crippen LogP contribution in [0.1, 0.15) is 13.8 Å². The number of rotatable bonds is 2. The molecule has 0 unspecified atom stereocenters. The third-order valence-electron chi connectivity index (χ3n) is 2.66. The molecule has 4 nitrogen and oxygen atoms in total. The van der Waals surface area contributed by atoms with Gasteiger partial charge < -0.3 is 4.74 Å². The van der Waals surface area contributed by atoms with Gasteiger partial charge in [0.15, 0.2) is 0 Å². The van der Waals surface area contributed by atoms with Crippen LogP contribution in [0.15, 0.2) is 16.3 Å². The lowest BCUT2D eigenvalue weighted by Gasteiger charge is -2.40. The number of sulfonamides is 1. The van der Waals surface area contributed by atoms with Crippen molar-refractivity contribution in [3.8, 4) is 0 Å². The van der Waals surface area contributed by atoms with Crippen molar-refractivity contribution in [1.82, 2.24) is 4.31 Å². The first-order valence-corrected chi connectivity index (χ1v) is 7.83. The largest absolute Gasteiger partial charge is 0.378 e. The van der Waals surface area contributed by atoms with E-state index in [1.165, 1.54) is 4.31 Å². The highest BCUT2D eigenvalue weighted by atomic mass is 35.5. The van der Waals surface area contributed by atoms with Gasteiger partial charge in [0, 0.05) is 6.54 Å². The molecule has 96 valence electrons. The second kappa shape index (κ2) is 4.51. The number of morpholine rings is 1. The highest BCUT2D eigenvalue weighted by Crippen LogP contribution is 2.32. The van der Waals surface area contributed by atoms with E-state index in [9.17, 15) is 8.42 Å². The van der Waals surface area contributed by atoms with Crippen LogP contribution in [0.3, 0.4) is 0 Å². The summed E-state index contributed by atoms with van der Waals surface area (Å²) in [4.78, 5) is 0. The second-order valence-corrected chi connectivity index (χ2v) is 8.30. The molecule has 1 aromatic rings. The van der Waals surface area contributed by atoms with E-state index in [0.29, 0.717) is 24.1 Å². The molecule has 0 spiro atoms. The fourth-order valence-corrected chi connectivity index (χ4v) is 5.18. The zero-order chi connectivity index (χ0) is 12.7. The lowest BCUT2D eigenvalue weighted by Crippen LogP contribution is -2.55. The van der Waals surface area contributed by atoms with Crippen molar-refractivity contribution in [2.75, 3.05) is 19.8 Å². The molecule has 1 fully saturated rings. The van der Waals surface area contributed by atoms with Gasteiger partial charge in [-0.2, -0.15) is 4.31 Å². The van der Waals surface area contributed by atoms with Gasteiger partial charge in [0.25, 0.3) is 10.0 Å². The Morgan fingerprint density at radius 3 is 2.71 bits per heavy atom. The lowest BCUT2D eigenvalue weighted by molar-refractivity contribution is -0.00761. The van der Waals surface area contributed by atoms with Crippen molar-refractivity contribution in [1.29, 1.82) is 0 Å². The molecule has 0 bridgehead atoms. The topological polar surface area (TPSA) is 46.6 Å². The summed E-state index contributed by atoms with van der Waals surface area (Å²) in [6, 6.07) is 3.15. The average Bonchev–Trinajstić information content (AvgIpc) is 2.64. The van der Waals surface area contributed by atoms with Gasteiger partial charge in [-0.25, -0.2) is 8.42 Å². The second-order valence-electron chi connectivity index (χ2n) is 4.50. The molecular weight excluding hydrogens is 282 g/mol. The van der Waals surface area contributed by atoms with E-state index in [4.69, 9.17) is 16.3 Å². The molecule has 0 amide bonds. The molecule has 1 aliphatic rings. The smallest absolute Gasteiger partial charge is 0.253 e. The standard InChI is InChI=1S/C10H14ClNO3S2/c1-10(2)7-15-6-5-12(10)17(13,14)9-4-3-8(11)16-9/h3-4H,5-7H2,1-2H3. The van der Waals surface area contributed by atoms with Crippen LogP contribution in [0.5, 0.6) is 0 Å². The third kappa shape index (κ3) is 2.51. The van der Waals surface area contributed by atoms with Gasteiger partial charge in [-0.3, -0.25) is 0 Å². The van der Waals surface area contributed by atoms with Crippen molar-refractivity contribution in [2.45, 2.75) is 23.6 Å². The minimum atomic E-state index is -3.46. The summed E-state index contributed by atoms with van der Waals surface area (Å²) < 4.78 is 32.5. The van der Waals surface area contributed by atoms with Crippen molar-refractivity contribution < 1.29 is 13.2 Å². The molecule has 0 radical (unpaired) electrons. The number of hydrogen-bond acceptors (Lipinski definition) is 4. The Balaban J connectivity index is 2.38. The van der Waals surface area contributed by atoms with E-state index in [0.717, 1.165) is 11.3 Å². The molecule has 2 heterocycles. The Bertz CT molecular complexity index is 509. The summed E-state index contributed by atoms with van der Waals surface area (Å²) in [5.41, 5.74) is -0.520. The number of nitrogens with zero attached hydrogens (tertiary/aromatic N) is 1. The van der Waals surface area contributed by atoms with E-state index in [-0.39, 0.29) is 4.21 Å². The lowest BCUT2D eigenvalue weighted by atomic mass is 10.1. The number of ether oxygens (including phenoxy) is 1. The Labute approximate surface area is 110 Å². The van der Waals surface area contributed by atoms with Crippen LogP contribution in [-0.2, 0) is 14.8 Å². The fraction of sp³-hybridized carbons (Fsp3) is 0.600. The average molecular weight is 296 g/mol. The first-order chi connectivity index (χ1) is 7.84. The molecule has 7 heteroatoms. The number of thiophene rings is 1. The maximum absolute atomic E-state index is 12.4. The summed E-state index contributed by atoms with van der Waals surface area (Å²) in [6.07, 6.45) is 0. The zero-order valence-electron chi connectivity index (χ0n) is 9.64. The monoisotopic (exact) mass is 295 g/mol. The van der Waals surface area contributed by atoms with Crippen LogP contribution in [0.2, 0.25) is 4.34 Å². The first-order valence-electron chi connectivity index (χ1n) is 5.20. The molecule has 1 aliphatic heterocycles. The number of hydrogen-bond donors (Lipinski definition) is 0. The fourth-order valence-electron chi connectivity index (χ4n) is 1.83. The van der Waals surface area contributed by atoms with Crippen molar-refractivity contribution in [2.24, 2.45) is 0 Å². The van der Waals surface area contributed by atoms with Crippen LogP contribution in [0.25, 0.3) is 0 Å². The molecule has 0 atom stereocenters. The normalized spacial score (nSPS) is 21.6. The van der Waals surface area contributed by atoms with Crippen molar-refractivity contribution >= 4 is 33.0 Å². The third-order valence-corrected chi connectivity index (χ3v) is 6.47. The van der Waals surface area contributed by atoms with Gasteiger partial charge in [0.05, 0.1) is 23.1 Å². The first kappa shape index (κ1) is 13.3. The maximum Gasteiger partial charge on any atom is 0.253 e. The molecule has 2 rings (SSSR count). The van der Waals surface area contributed by atoms with E-state index >= 15 is 0 Å². The SMILES string of the molecule is CC1(C)COCCN1S(=O)(=O)c1ccc(Cl)s1. The summed E-state index contributed by atoms with van der Waals surface area (Å²) in [6.45, 7) is 4.94. The van der Waals surface area contributed by atoms with Crippen LogP contribution in [0.4, 0.5) is 0 Å². The Morgan fingerprint density at radius 1 is 1.47 bits per heavy atom. The molecule has 1 saturated heterocycles. The summed E-state index contributed by atoms with van der Waals surface area (Å²) in [5, 5.41) is 0. The minimum absolute atomic E-state index is 0.289. The van der Waals surface area contributed by atoms with Crippen molar-refractivity contribution in [3.63, 3.8) is 0 Å². The van der Waals surface area contributed by atoms with E-state index in [1.807, 2.05) is 13.8 Å². The predicted octanol–water partition coefficient (Wildman–Crippen LogP) is 2.20. The number of halogens is 1. The molecule has 17 heavy (non-hydrogen) atoms. The quantitative estimate of drug-likeness (QED) is 0.840. The van der Waals surface area contributed by atoms with Crippen LogP contribution < -0.4 is 0 Å². The van der Waals surface area contributed by atoms with Crippen LogP contribution in [-0.4, -0.2) is 38.0 Å². The molecule has 0 N–H and O–H groups in total. The van der Waals surface area contributed by atoms with Gasteiger partial charge in [-0.15, -0.1) is 11.3 Å². The van der Waals surface area contributed by atoms with E-state index in [2.05, 4.69) is 0 Å². The highest BCUT2D eigenvalue weighted by Gasteiger charge is 2.40. The summed E-state index contributed by atoms with van der Waals surface area (Å²) in [5.74, 6) is 0. The van der Waals surface area contributed by atoms with Gasteiger partial charge in [0.2, 0.25) is 0 Å². The maximum atomic E-state index is 12.4. The van der Waals surface area contributed by atoms with Gasteiger partial charge in [0.1, 0.15) is 4.21 Å². The molecular formula is C10H14ClNO3S2. The molecule has 0 saturated carbocycles. The Morgan fingerprint density at radius 2 is 2.18 bits per heavy atom. The van der Waals surface area contributed by atoms with E-state index < -0.39 is 15.6 Å². The van der Waals surface area contributed by atoms with Crippen LogP contribution >= 0.6 is 22.9 Å². The highest BCUT2D eigenvalue weighted by molar-refractivity contribution is 7.91. The predicted molar refractivity (Wildman–Crippen MR) is 68.1 cm³/mol. The minimum Gasteiger partial charge on any atom is -0.378 e. The van der Waals surface area contributed by atoms with E-state index in [1.54, 1.807) is 12.1 Å². The van der Waals surface area contributed by atoms with Crippen molar-refractivity contribution in [3.05, 3.63) is 16.5 Å². The van der Waals surface area contributed by atoms with Gasteiger partial charge >= 0.3 is 0 Å². The molecule has 0 aliphatic carbocycles. The Hall–Kier alpha value is -0.140. The molecule has 0 aromatic carbocycles.